The molecule has 0 atom stereocenters. The van der Waals surface area contributed by atoms with Gasteiger partial charge < -0.3 is 5.73 Å². The largest absolute Gasteiger partial charge is 0.329 e. The fourth-order valence-corrected chi connectivity index (χ4v) is 3.67. The average Bonchev–Trinajstić information content (AvgIpc) is 2.47. The molecule has 0 aromatic carbocycles. The van der Waals surface area contributed by atoms with Crippen LogP contribution in [0.25, 0.3) is 0 Å². The van der Waals surface area contributed by atoms with Crippen molar-refractivity contribution in [1.29, 1.82) is 0 Å². The molecule has 0 bridgehead atoms. The molecular formula is C17H36N2. The average molecular weight is 268 g/mol. The standard InChI is InChI=1S/C17H36N2/c1-3-5-6-7-8-12-15-19(4-2)17(16-18)13-10-9-11-14-17/h3-16,18H2,1-2H3. The van der Waals surface area contributed by atoms with Crippen LogP contribution in [-0.4, -0.2) is 30.1 Å². The molecule has 114 valence electrons. The van der Waals surface area contributed by atoms with Crippen LogP contribution in [0, 0.1) is 0 Å². The quantitative estimate of drug-likeness (QED) is 0.598. The Morgan fingerprint density at radius 2 is 1.53 bits per heavy atom. The van der Waals surface area contributed by atoms with Gasteiger partial charge in [0.05, 0.1) is 0 Å². The van der Waals surface area contributed by atoms with Crippen molar-refractivity contribution in [3.63, 3.8) is 0 Å². The van der Waals surface area contributed by atoms with E-state index in [1.807, 2.05) is 0 Å². The van der Waals surface area contributed by atoms with Gasteiger partial charge in [0.2, 0.25) is 0 Å². The fourth-order valence-electron chi connectivity index (χ4n) is 3.67. The third-order valence-electron chi connectivity index (χ3n) is 5.00. The molecule has 0 heterocycles. The lowest BCUT2D eigenvalue weighted by Gasteiger charge is -2.46. The predicted molar refractivity (Wildman–Crippen MR) is 85.5 cm³/mol. The van der Waals surface area contributed by atoms with Crippen molar-refractivity contribution in [1.82, 2.24) is 4.90 Å². The molecule has 1 rings (SSSR count). The number of nitrogens with two attached hydrogens (primary N) is 1. The van der Waals surface area contributed by atoms with Crippen molar-refractivity contribution in [2.75, 3.05) is 19.6 Å². The summed E-state index contributed by atoms with van der Waals surface area (Å²) in [6, 6.07) is 0. The molecule has 1 aliphatic carbocycles. The molecule has 0 aliphatic heterocycles. The highest BCUT2D eigenvalue weighted by Gasteiger charge is 2.35. The lowest BCUT2D eigenvalue weighted by atomic mass is 9.80. The minimum atomic E-state index is 0.344. The van der Waals surface area contributed by atoms with Crippen LogP contribution < -0.4 is 5.73 Å². The molecule has 1 saturated carbocycles. The molecule has 2 nitrogen and oxygen atoms in total. The minimum Gasteiger partial charge on any atom is -0.329 e. The summed E-state index contributed by atoms with van der Waals surface area (Å²) in [7, 11) is 0. The van der Waals surface area contributed by atoms with E-state index in [2.05, 4.69) is 18.7 Å². The van der Waals surface area contributed by atoms with E-state index in [1.165, 1.54) is 83.7 Å². The van der Waals surface area contributed by atoms with E-state index in [-0.39, 0.29) is 0 Å². The number of unbranched alkanes of at least 4 members (excludes halogenated alkanes) is 5. The molecule has 0 saturated heterocycles. The fraction of sp³-hybridized carbons (Fsp3) is 1.00. The second-order valence-electron chi connectivity index (χ2n) is 6.34. The Balaban J connectivity index is 2.30. The molecule has 2 heteroatoms. The van der Waals surface area contributed by atoms with Gasteiger partial charge in [0.25, 0.3) is 0 Å². The van der Waals surface area contributed by atoms with Crippen LogP contribution in [0.3, 0.4) is 0 Å². The molecule has 2 N–H and O–H groups in total. The number of nitrogens with zero attached hydrogens (tertiary/aromatic N) is 1. The zero-order valence-corrected chi connectivity index (χ0v) is 13.4. The molecule has 0 spiro atoms. The minimum absolute atomic E-state index is 0.344. The van der Waals surface area contributed by atoms with Gasteiger partial charge in [0.1, 0.15) is 0 Å². The third-order valence-corrected chi connectivity index (χ3v) is 5.00. The zero-order chi connectivity index (χ0) is 14.0. The summed E-state index contributed by atoms with van der Waals surface area (Å²) >= 11 is 0. The smallest absolute Gasteiger partial charge is 0.0331 e. The molecule has 0 radical (unpaired) electrons. The highest BCUT2D eigenvalue weighted by molar-refractivity contribution is 4.93. The van der Waals surface area contributed by atoms with Gasteiger partial charge in [-0.1, -0.05) is 65.2 Å². The molecular weight excluding hydrogens is 232 g/mol. The van der Waals surface area contributed by atoms with Crippen LogP contribution in [-0.2, 0) is 0 Å². The summed E-state index contributed by atoms with van der Waals surface area (Å²) in [4.78, 5) is 2.70. The second-order valence-corrected chi connectivity index (χ2v) is 6.34. The lowest BCUT2D eigenvalue weighted by Crippen LogP contribution is -2.55. The maximum absolute atomic E-state index is 6.14. The van der Waals surface area contributed by atoms with Gasteiger partial charge in [0.15, 0.2) is 0 Å². The van der Waals surface area contributed by atoms with Crippen molar-refractivity contribution in [3.05, 3.63) is 0 Å². The molecule has 0 aromatic heterocycles. The third kappa shape index (κ3) is 5.43. The van der Waals surface area contributed by atoms with E-state index in [4.69, 9.17) is 5.73 Å². The summed E-state index contributed by atoms with van der Waals surface area (Å²) in [5, 5.41) is 0. The highest BCUT2D eigenvalue weighted by atomic mass is 15.2. The number of hydrogen-bond acceptors (Lipinski definition) is 2. The van der Waals surface area contributed by atoms with Crippen molar-refractivity contribution >= 4 is 0 Å². The van der Waals surface area contributed by atoms with E-state index in [1.54, 1.807) is 0 Å². The van der Waals surface area contributed by atoms with Gasteiger partial charge in [-0.25, -0.2) is 0 Å². The normalized spacial score (nSPS) is 18.9. The van der Waals surface area contributed by atoms with E-state index in [0.29, 0.717) is 5.54 Å². The van der Waals surface area contributed by atoms with Crippen LogP contribution >= 0.6 is 0 Å². The van der Waals surface area contributed by atoms with Crippen molar-refractivity contribution in [2.24, 2.45) is 5.73 Å². The Bertz CT molecular complexity index is 209. The van der Waals surface area contributed by atoms with Crippen LogP contribution in [0.5, 0.6) is 0 Å². The SMILES string of the molecule is CCCCCCCCN(CC)C1(CN)CCCCC1. The molecule has 1 aliphatic rings. The second kappa shape index (κ2) is 9.77. The Morgan fingerprint density at radius 3 is 2.11 bits per heavy atom. The van der Waals surface area contributed by atoms with Crippen LogP contribution in [0.4, 0.5) is 0 Å². The first-order chi connectivity index (χ1) is 9.29. The Hall–Kier alpha value is -0.0800. The summed E-state index contributed by atoms with van der Waals surface area (Å²) < 4.78 is 0. The monoisotopic (exact) mass is 268 g/mol. The first-order valence-corrected chi connectivity index (χ1v) is 8.74. The number of hydrogen-bond donors (Lipinski definition) is 1. The van der Waals surface area contributed by atoms with Gasteiger partial charge in [-0.2, -0.15) is 0 Å². The number of rotatable bonds is 10. The molecule has 0 amide bonds. The molecule has 19 heavy (non-hydrogen) atoms. The molecule has 0 aromatic rings. The van der Waals surface area contributed by atoms with Crippen molar-refractivity contribution in [3.8, 4) is 0 Å². The highest BCUT2D eigenvalue weighted by Crippen LogP contribution is 2.33. The zero-order valence-electron chi connectivity index (χ0n) is 13.4. The first kappa shape index (κ1) is 17.0. The van der Waals surface area contributed by atoms with Crippen LogP contribution in [0.1, 0.15) is 84.5 Å². The summed E-state index contributed by atoms with van der Waals surface area (Å²) in [5.74, 6) is 0. The molecule has 1 fully saturated rings. The summed E-state index contributed by atoms with van der Waals surface area (Å²) in [5.41, 5.74) is 6.49. The Kier molecular flexibility index (Phi) is 8.72. The van der Waals surface area contributed by atoms with Crippen LogP contribution in [0.15, 0.2) is 0 Å². The molecule has 0 unspecified atom stereocenters. The van der Waals surface area contributed by atoms with Crippen molar-refractivity contribution < 1.29 is 0 Å². The lowest BCUT2D eigenvalue weighted by molar-refractivity contribution is 0.0601. The predicted octanol–water partition coefficient (Wildman–Crippen LogP) is 4.33. The maximum atomic E-state index is 6.14. The summed E-state index contributed by atoms with van der Waals surface area (Å²) in [6.45, 7) is 7.89. The Labute approximate surface area is 121 Å². The Morgan fingerprint density at radius 1 is 0.895 bits per heavy atom. The van der Waals surface area contributed by atoms with Crippen LogP contribution in [0.2, 0.25) is 0 Å². The summed E-state index contributed by atoms with van der Waals surface area (Å²) in [6.07, 6.45) is 15.2. The topological polar surface area (TPSA) is 29.3 Å². The van der Waals surface area contributed by atoms with E-state index < -0.39 is 0 Å². The van der Waals surface area contributed by atoms with E-state index in [0.717, 1.165) is 6.54 Å². The number of likely N-dealkylation sites (N-methyl/N-ethyl adjacent to an activating group) is 1. The van der Waals surface area contributed by atoms with E-state index >= 15 is 0 Å². The first-order valence-electron chi connectivity index (χ1n) is 8.74. The van der Waals surface area contributed by atoms with Gasteiger partial charge in [-0.15, -0.1) is 0 Å². The van der Waals surface area contributed by atoms with E-state index in [9.17, 15) is 0 Å². The van der Waals surface area contributed by atoms with Gasteiger partial charge in [0, 0.05) is 12.1 Å². The maximum Gasteiger partial charge on any atom is 0.0331 e. The van der Waals surface area contributed by atoms with Gasteiger partial charge in [-0.3, -0.25) is 4.90 Å². The van der Waals surface area contributed by atoms with Gasteiger partial charge in [-0.05, 0) is 32.4 Å². The van der Waals surface area contributed by atoms with Gasteiger partial charge >= 0.3 is 0 Å². The van der Waals surface area contributed by atoms with Crippen molar-refractivity contribution in [2.45, 2.75) is 90.0 Å².